The van der Waals surface area contributed by atoms with E-state index in [0.717, 1.165) is 50.6 Å². The van der Waals surface area contributed by atoms with Crippen LogP contribution in [-0.2, 0) is 14.4 Å². The molecule has 4 aliphatic rings. The van der Waals surface area contributed by atoms with Gasteiger partial charge in [0.15, 0.2) is 0 Å². The van der Waals surface area contributed by atoms with Crippen LogP contribution >= 0.6 is 0 Å². The quantitative estimate of drug-likeness (QED) is 0.453. The maximum Gasteiger partial charge on any atom is 0.270 e. The van der Waals surface area contributed by atoms with Crippen LogP contribution in [0.25, 0.3) is 0 Å². The van der Waals surface area contributed by atoms with Crippen molar-refractivity contribution in [2.24, 2.45) is 11.3 Å². The van der Waals surface area contributed by atoms with Gasteiger partial charge in [0.05, 0.1) is 0 Å². The lowest BCUT2D eigenvalue weighted by atomic mass is 9.79. The van der Waals surface area contributed by atoms with Gasteiger partial charge >= 0.3 is 0 Å². The molecule has 2 heterocycles. The van der Waals surface area contributed by atoms with E-state index in [9.17, 15) is 14.4 Å². The molecule has 1 aliphatic heterocycles. The number of hydrogen-bond donors (Lipinski definition) is 3. The number of nitrogens with zero attached hydrogens (tertiary/aromatic N) is 3. The summed E-state index contributed by atoms with van der Waals surface area (Å²) in [4.78, 5) is 46.9. The molecule has 0 unspecified atom stereocenters. The molecule has 0 aromatic carbocycles. The van der Waals surface area contributed by atoms with E-state index >= 15 is 0 Å². The van der Waals surface area contributed by atoms with Crippen molar-refractivity contribution in [3.05, 3.63) is 35.4 Å². The highest BCUT2D eigenvalue weighted by Gasteiger charge is 2.55. The molecule has 1 saturated heterocycles. The monoisotopic (exact) mass is 450 g/mol. The molecule has 9 heteroatoms. The Balaban J connectivity index is 1.31. The summed E-state index contributed by atoms with van der Waals surface area (Å²) in [6, 6.07) is 1.67. The van der Waals surface area contributed by atoms with Crippen LogP contribution in [0, 0.1) is 11.3 Å². The zero-order valence-electron chi connectivity index (χ0n) is 19.1. The van der Waals surface area contributed by atoms with Crippen molar-refractivity contribution >= 4 is 29.9 Å². The normalized spacial score (nSPS) is 24.5. The minimum absolute atomic E-state index is 0.0158. The Kier molecular flexibility index (Phi) is 5.22. The van der Waals surface area contributed by atoms with E-state index in [1.54, 1.807) is 11.0 Å². The van der Waals surface area contributed by atoms with Gasteiger partial charge in [-0.2, -0.15) is 0 Å². The maximum absolute atomic E-state index is 12.9. The second kappa shape index (κ2) is 7.97. The Morgan fingerprint density at radius 1 is 1.09 bits per heavy atom. The van der Waals surface area contributed by atoms with Crippen molar-refractivity contribution in [1.29, 1.82) is 0 Å². The fourth-order valence-corrected chi connectivity index (χ4v) is 5.11. The number of anilines is 2. The molecule has 174 valence electrons. The van der Waals surface area contributed by atoms with Crippen LogP contribution in [0.15, 0.2) is 35.4 Å². The molecule has 3 aliphatic carbocycles. The average Bonchev–Trinajstić information content (AvgIpc) is 3.70. The lowest BCUT2D eigenvalue weighted by Crippen LogP contribution is -2.53. The molecule has 0 atom stereocenters. The van der Waals surface area contributed by atoms with Crippen molar-refractivity contribution in [2.45, 2.75) is 70.9 Å². The molecule has 3 amide bonds. The first kappa shape index (κ1) is 21.6. The van der Waals surface area contributed by atoms with E-state index in [1.807, 2.05) is 19.9 Å². The molecule has 1 aromatic rings. The highest BCUT2D eigenvalue weighted by atomic mass is 16.2. The first-order valence-electron chi connectivity index (χ1n) is 11.7. The van der Waals surface area contributed by atoms with Crippen LogP contribution in [0.5, 0.6) is 0 Å². The molecule has 9 nitrogen and oxygen atoms in total. The Morgan fingerprint density at radius 3 is 2.33 bits per heavy atom. The van der Waals surface area contributed by atoms with E-state index in [-0.39, 0.29) is 17.7 Å². The van der Waals surface area contributed by atoms with Gasteiger partial charge in [-0.3, -0.25) is 19.3 Å². The van der Waals surface area contributed by atoms with Crippen molar-refractivity contribution in [2.75, 3.05) is 10.6 Å². The van der Waals surface area contributed by atoms with Crippen LogP contribution in [0.2, 0.25) is 0 Å². The second-order valence-electron chi connectivity index (χ2n) is 10.00. The third-order valence-electron chi connectivity index (χ3n) is 7.46. The fourth-order valence-electron chi connectivity index (χ4n) is 5.11. The number of carbonyl (C=O) groups is 3. The molecular formula is C24H30N6O3. The first-order valence-corrected chi connectivity index (χ1v) is 11.7. The summed E-state index contributed by atoms with van der Waals surface area (Å²) in [6.07, 6.45) is 12.1. The number of hydrogen-bond acceptors (Lipinski definition) is 6. The zero-order valence-corrected chi connectivity index (χ0v) is 19.1. The summed E-state index contributed by atoms with van der Waals surface area (Å²) >= 11 is 0. The first-order chi connectivity index (χ1) is 15.8. The SMILES string of the molecule is CC(/C=C(\C)Nc1cc(NC(=O)C2CC2)ncn1)=C1\C(=O)NC2(CCC3(CC3)CC2)N1C=O. The highest BCUT2D eigenvalue weighted by molar-refractivity contribution is 5.99. The van der Waals surface area contributed by atoms with Crippen molar-refractivity contribution in [3.63, 3.8) is 0 Å². The minimum atomic E-state index is -0.597. The summed E-state index contributed by atoms with van der Waals surface area (Å²) in [5, 5.41) is 9.10. The van der Waals surface area contributed by atoms with Crippen LogP contribution < -0.4 is 16.0 Å². The van der Waals surface area contributed by atoms with E-state index in [4.69, 9.17) is 0 Å². The molecule has 4 fully saturated rings. The smallest absolute Gasteiger partial charge is 0.270 e. The van der Waals surface area contributed by atoms with Crippen molar-refractivity contribution in [3.8, 4) is 0 Å². The summed E-state index contributed by atoms with van der Waals surface area (Å²) in [6.45, 7) is 3.70. The number of nitrogens with one attached hydrogen (secondary N) is 3. The summed E-state index contributed by atoms with van der Waals surface area (Å²) < 4.78 is 0. The van der Waals surface area contributed by atoms with Crippen molar-refractivity contribution < 1.29 is 14.4 Å². The third kappa shape index (κ3) is 4.24. The molecular weight excluding hydrogens is 420 g/mol. The van der Waals surface area contributed by atoms with Gasteiger partial charge < -0.3 is 16.0 Å². The molecule has 2 spiro atoms. The Hall–Kier alpha value is -3.23. The number of allylic oxidation sites excluding steroid dienone is 3. The Morgan fingerprint density at radius 2 is 1.73 bits per heavy atom. The van der Waals surface area contributed by atoms with Crippen LogP contribution in [0.4, 0.5) is 11.6 Å². The molecule has 0 radical (unpaired) electrons. The van der Waals surface area contributed by atoms with Gasteiger partial charge in [0, 0.05) is 17.7 Å². The standard InChI is InChI=1S/C24H30N6O3/c1-15(11-16(2)27-18-12-19(26-13-25-18)28-21(32)17-3-4-17)20-22(33)29-24(30(20)14-31)9-7-23(5-6-23)8-10-24/h11-14,17H,3-10H2,1-2H3,(H,29,33)(H2,25,26,27,28,32)/b16-11+,20-15-. The zero-order chi connectivity index (χ0) is 23.2. The lowest BCUT2D eigenvalue weighted by molar-refractivity contribution is -0.122. The largest absolute Gasteiger partial charge is 0.344 e. The molecule has 0 bridgehead atoms. The molecule has 5 rings (SSSR count). The predicted octanol–water partition coefficient (Wildman–Crippen LogP) is 3.05. The van der Waals surface area contributed by atoms with Gasteiger partial charge in [-0.05, 0) is 82.3 Å². The Bertz CT molecular complexity index is 1060. The van der Waals surface area contributed by atoms with E-state index in [0.29, 0.717) is 28.3 Å². The molecule has 33 heavy (non-hydrogen) atoms. The second-order valence-corrected chi connectivity index (χ2v) is 10.00. The maximum atomic E-state index is 12.9. The number of rotatable bonds is 6. The summed E-state index contributed by atoms with van der Waals surface area (Å²) in [7, 11) is 0. The Labute approximate surface area is 193 Å². The highest BCUT2D eigenvalue weighted by Crippen LogP contribution is 2.59. The van der Waals surface area contributed by atoms with Gasteiger partial charge in [-0.25, -0.2) is 9.97 Å². The molecule has 3 N–H and O–H groups in total. The minimum Gasteiger partial charge on any atom is -0.344 e. The van der Waals surface area contributed by atoms with Crippen LogP contribution in [0.3, 0.4) is 0 Å². The lowest BCUT2D eigenvalue weighted by Gasteiger charge is -2.41. The van der Waals surface area contributed by atoms with E-state index in [2.05, 4.69) is 25.9 Å². The predicted molar refractivity (Wildman–Crippen MR) is 122 cm³/mol. The van der Waals surface area contributed by atoms with Crippen LogP contribution in [0.1, 0.15) is 65.2 Å². The average molecular weight is 451 g/mol. The number of amides is 3. The topological polar surface area (TPSA) is 116 Å². The van der Waals surface area contributed by atoms with Gasteiger partial charge in [0.1, 0.15) is 29.3 Å². The van der Waals surface area contributed by atoms with E-state index < -0.39 is 5.66 Å². The van der Waals surface area contributed by atoms with Gasteiger partial charge in [0.2, 0.25) is 12.3 Å². The van der Waals surface area contributed by atoms with Crippen LogP contribution in [-0.4, -0.2) is 38.8 Å². The summed E-state index contributed by atoms with van der Waals surface area (Å²) in [5.41, 5.74) is 1.71. The summed E-state index contributed by atoms with van der Waals surface area (Å²) in [5.74, 6) is 0.847. The van der Waals surface area contributed by atoms with Gasteiger partial charge in [-0.15, -0.1) is 0 Å². The number of aromatic nitrogens is 2. The molecule has 3 saturated carbocycles. The van der Waals surface area contributed by atoms with Gasteiger partial charge in [0.25, 0.3) is 5.91 Å². The van der Waals surface area contributed by atoms with Crippen molar-refractivity contribution in [1.82, 2.24) is 20.2 Å². The fraction of sp³-hybridized carbons (Fsp3) is 0.542. The number of carbonyl (C=O) groups excluding carboxylic acids is 3. The third-order valence-corrected chi connectivity index (χ3v) is 7.46. The molecule has 1 aromatic heterocycles. The van der Waals surface area contributed by atoms with Gasteiger partial charge in [-0.1, -0.05) is 0 Å². The van der Waals surface area contributed by atoms with E-state index in [1.165, 1.54) is 19.2 Å².